The zero-order valence-electron chi connectivity index (χ0n) is 15.2. The molecular formula is C22H19NO5. The molecule has 0 unspecified atom stereocenters. The summed E-state index contributed by atoms with van der Waals surface area (Å²) < 4.78 is 5.19. The maximum Gasteiger partial charge on any atom is 0.338 e. The Hall–Kier alpha value is -3.54. The molecule has 2 aromatic carbocycles. The van der Waals surface area contributed by atoms with Crippen molar-refractivity contribution in [3.8, 4) is 0 Å². The molecule has 6 heteroatoms. The molecule has 0 spiro atoms. The number of amides is 2. The molecule has 6 nitrogen and oxygen atoms in total. The summed E-state index contributed by atoms with van der Waals surface area (Å²) in [5.41, 5.74) is 1.26. The Bertz CT molecular complexity index is 949. The molecule has 1 aliphatic heterocycles. The molecule has 0 bridgehead atoms. The molecule has 0 fully saturated rings. The number of ether oxygens (including phenoxy) is 1. The van der Waals surface area contributed by atoms with E-state index < -0.39 is 17.8 Å². The number of hydrogen-bond acceptors (Lipinski definition) is 5. The first-order valence-electron chi connectivity index (χ1n) is 8.89. The SMILES string of the molecule is C=CCN1C(=O)c2ccc(C(=O)OCCCC(=O)c3ccccc3)cc2C1=O. The van der Waals surface area contributed by atoms with E-state index in [-0.39, 0.29) is 42.0 Å². The summed E-state index contributed by atoms with van der Waals surface area (Å²) in [6.45, 7) is 3.73. The number of benzene rings is 2. The number of hydrogen-bond donors (Lipinski definition) is 0. The molecule has 0 atom stereocenters. The second kappa shape index (κ2) is 8.43. The second-order valence-electron chi connectivity index (χ2n) is 6.30. The molecule has 3 rings (SSSR count). The van der Waals surface area contributed by atoms with E-state index >= 15 is 0 Å². The average molecular weight is 377 g/mol. The van der Waals surface area contributed by atoms with Gasteiger partial charge in [-0.3, -0.25) is 19.3 Å². The highest BCUT2D eigenvalue weighted by Gasteiger charge is 2.35. The predicted molar refractivity (Wildman–Crippen MR) is 102 cm³/mol. The van der Waals surface area contributed by atoms with Crippen molar-refractivity contribution in [1.82, 2.24) is 4.90 Å². The minimum absolute atomic E-state index is 0.0133. The number of nitrogens with zero attached hydrogens (tertiary/aromatic N) is 1. The number of ketones is 1. The molecular weight excluding hydrogens is 358 g/mol. The Morgan fingerprint density at radius 3 is 2.39 bits per heavy atom. The van der Waals surface area contributed by atoms with Gasteiger partial charge in [0.05, 0.1) is 23.3 Å². The summed E-state index contributed by atoms with van der Waals surface area (Å²) in [5.74, 6) is -1.47. The molecule has 0 aliphatic carbocycles. The normalized spacial score (nSPS) is 12.6. The number of fused-ring (bicyclic) bond motifs is 1. The van der Waals surface area contributed by atoms with E-state index in [1.165, 1.54) is 24.3 Å². The van der Waals surface area contributed by atoms with E-state index in [2.05, 4.69) is 6.58 Å². The summed E-state index contributed by atoms with van der Waals surface area (Å²) in [5, 5.41) is 0. The van der Waals surface area contributed by atoms with Gasteiger partial charge in [-0.05, 0) is 24.6 Å². The van der Waals surface area contributed by atoms with Crippen molar-refractivity contribution in [2.24, 2.45) is 0 Å². The highest BCUT2D eigenvalue weighted by atomic mass is 16.5. The van der Waals surface area contributed by atoms with Crippen molar-refractivity contribution in [2.75, 3.05) is 13.2 Å². The molecule has 2 amide bonds. The number of carbonyl (C=O) groups is 4. The van der Waals surface area contributed by atoms with Crippen LogP contribution < -0.4 is 0 Å². The summed E-state index contributed by atoms with van der Waals surface area (Å²) in [4.78, 5) is 49.8. The van der Waals surface area contributed by atoms with Crippen LogP contribution in [-0.2, 0) is 4.74 Å². The lowest BCUT2D eigenvalue weighted by Gasteiger charge is -2.09. The highest BCUT2D eigenvalue weighted by molar-refractivity contribution is 6.22. The van der Waals surface area contributed by atoms with Crippen LogP contribution in [-0.4, -0.2) is 41.6 Å². The molecule has 0 saturated heterocycles. The number of carbonyl (C=O) groups excluding carboxylic acids is 4. The van der Waals surface area contributed by atoms with Crippen LogP contribution in [0.4, 0.5) is 0 Å². The van der Waals surface area contributed by atoms with Gasteiger partial charge in [-0.2, -0.15) is 0 Å². The first kappa shape index (κ1) is 19.2. The molecule has 28 heavy (non-hydrogen) atoms. The highest BCUT2D eigenvalue weighted by Crippen LogP contribution is 2.24. The Balaban J connectivity index is 1.56. The van der Waals surface area contributed by atoms with E-state index in [9.17, 15) is 19.2 Å². The van der Waals surface area contributed by atoms with Crippen molar-refractivity contribution in [3.05, 3.63) is 83.4 Å². The van der Waals surface area contributed by atoms with Gasteiger partial charge < -0.3 is 4.74 Å². The zero-order chi connectivity index (χ0) is 20.1. The van der Waals surface area contributed by atoms with Crippen LogP contribution >= 0.6 is 0 Å². The van der Waals surface area contributed by atoms with Crippen molar-refractivity contribution >= 4 is 23.6 Å². The average Bonchev–Trinajstić information content (AvgIpc) is 2.96. The third-order valence-corrected chi connectivity index (χ3v) is 4.40. The molecule has 2 aromatic rings. The number of Topliss-reactive ketones (excluding diaryl/α,β-unsaturated/α-hetero) is 1. The first-order chi connectivity index (χ1) is 13.5. The first-order valence-corrected chi connectivity index (χ1v) is 8.89. The lowest BCUT2D eigenvalue weighted by atomic mass is 10.1. The minimum atomic E-state index is -0.600. The lowest BCUT2D eigenvalue weighted by Crippen LogP contribution is -2.29. The maximum absolute atomic E-state index is 12.3. The summed E-state index contributed by atoms with van der Waals surface area (Å²) in [7, 11) is 0. The molecule has 1 aliphatic rings. The standard InChI is InChI=1S/C22H19NO5/c1-2-12-23-20(25)17-11-10-16(14-18(17)21(23)26)22(27)28-13-6-9-19(24)15-7-4-3-5-8-15/h2-5,7-8,10-11,14H,1,6,9,12-13H2. The van der Waals surface area contributed by atoms with Gasteiger partial charge in [0, 0.05) is 18.5 Å². The third-order valence-electron chi connectivity index (χ3n) is 4.40. The van der Waals surface area contributed by atoms with Crippen LogP contribution in [0.1, 0.15) is 54.3 Å². The number of imide groups is 1. The fourth-order valence-corrected chi connectivity index (χ4v) is 2.96. The summed E-state index contributed by atoms with van der Waals surface area (Å²) in [6, 6.07) is 13.2. The Kier molecular flexibility index (Phi) is 5.79. The number of rotatable bonds is 8. The van der Waals surface area contributed by atoms with Gasteiger partial charge in [0.1, 0.15) is 0 Å². The zero-order valence-corrected chi connectivity index (χ0v) is 15.2. The number of esters is 1. The topological polar surface area (TPSA) is 80.8 Å². The van der Waals surface area contributed by atoms with E-state index in [1.807, 2.05) is 6.07 Å². The van der Waals surface area contributed by atoms with Crippen molar-refractivity contribution in [1.29, 1.82) is 0 Å². The van der Waals surface area contributed by atoms with Gasteiger partial charge in [0.2, 0.25) is 0 Å². The van der Waals surface area contributed by atoms with E-state index in [1.54, 1.807) is 24.3 Å². The quantitative estimate of drug-likeness (QED) is 0.232. The van der Waals surface area contributed by atoms with E-state index in [0.717, 1.165) is 4.90 Å². The van der Waals surface area contributed by atoms with Gasteiger partial charge in [0.25, 0.3) is 11.8 Å². The van der Waals surface area contributed by atoms with E-state index in [0.29, 0.717) is 12.0 Å². The van der Waals surface area contributed by atoms with Crippen LogP contribution in [0.2, 0.25) is 0 Å². The van der Waals surface area contributed by atoms with Crippen LogP contribution in [0.5, 0.6) is 0 Å². The largest absolute Gasteiger partial charge is 0.462 e. The molecule has 1 heterocycles. The molecule has 0 saturated carbocycles. The van der Waals surface area contributed by atoms with E-state index in [4.69, 9.17) is 4.74 Å². The minimum Gasteiger partial charge on any atom is -0.462 e. The van der Waals surface area contributed by atoms with Gasteiger partial charge >= 0.3 is 5.97 Å². The molecule has 0 radical (unpaired) electrons. The molecule has 0 N–H and O–H groups in total. The summed E-state index contributed by atoms with van der Waals surface area (Å²) in [6.07, 6.45) is 2.13. The Labute approximate surface area is 162 Å². The second-order valence-corrected chi connectivity index (χ2v) is 6.30. The van der Waals surface area contributed by atoms with Crippen LogP contribution in [0.25, 0.3) is 0 Å². The fourth-order valence-electron chi connectivity index (χ4n) is 2.96. The van der Waals surface area contributed by atoms with Crippen molar-refractivity contribution in [3.63, 3.8) is 0 Å². The summed E-state index contributed by atoms with van der Waals surface area (Å²) >= 11 is 0. The lowest BCUT2D eigenvalue weighted by molar-refractivity contribution is 0.0494. The van der Waals surface area contributed by atoms with Gasteiger partial charge in [-0.15, -0.1) is 6.58 Å². The Morgan fingerprint density at radius 1 is 0.964 bits per heavy atom. The predicted octanol–water partition coefficient (Wildman–Crippen LogP) is 3.29. The third kappa shape index (κ3) is 3.91. The van der Waals surface area contributed by atoms with Crippen LogP contribution in [0.15, 0.2) is 61.2 Å². The van der Waals surface area contributed by atoms with Gasteiger partial charge in [-0.25, -0.2) is 4.79 Å². The van der Waals surface area contributed by atoms with Crippen LogP contribution in [0, 0.1) is 0 Å². The van der Waals surface area contributed by atoms with Crippen molar-refractivity contribution < 1.29 is 23.9 Å². The Morgan fingerprint density at radius 2 is 1.68 bits per heavy atom. The fraction of sp³-hybridized carbons (Fsp3) is 0.182. The van der Waals surface area contributed by atoms with Gasteiger partial charge in [0.15, 0.2) is 5.78 Å². The van der Waals surface area contributed by atoms with Crippen molar-refractivity contribution in [2.45, 2.75) is 12.8 Å². The smallest absolute Gasteiger partial charge is 0.338 e. The van der Waals surface area contributed by atoms with Gasteiger partial charge in [-0.1, -0.05) is 36.4 Å². The molecule has 0 aromatic heterocycles. The maximum atomic E-state index is 12.3. The monoisotopic (exact) mass is 377 g/mol. The molecule has 142 valence electrons. The van der Waals surface area contributed by atoms with Crippen LogP contribution in [0.3, 0.4) is 0 Å².